The van der Waals surface area contributed by atoms with E-state index in [2.05, 4.69) is 11.1 Å². The van der Waals surface area contributed by atoms with E-state index < -0.39 is 0 Å². The Balaban J connectivity index is 2.72. The highest BCUT2D eigenvalue weighted by Crippen LogP contribution is 2.20. The summed E-state index contributed by atoms with van der Waals surface area (Å²) in [6.45, 7) is 1.12. The molecule has 0 aliphatic carbocycles. The SMILES string of the molecule is NCc1c[nH]c2c(CN)cccc12. The van der Waals surface area contributed by atoms with Gasteiger partial charge in [0.05, 0.1) is 5.52 Å². The molecule has 0 saturated carbocycles. The van der Waals surface area contributed by atoms with Crippen LogP contribution in [0.4, 0.5) is 0 Å². The Labute approximate surface area is 76.7 Å². The summed E-state index contributed by atoms with van der Waals surface area (Å²) in [6.07, 6.45) is 1.95. The molecule has 2 aromatic rings. The Bertz CT molecular complexity index is 417. The number of para-hydroxylation sites is 1. The Morgan fingerprint density at radius 1 is 1.08 bits per heavy atom. The molecule has 3 nitrogen and oxygen atoms in total. The van der Waals surface area contributed by atoms with Crippen LogP contribution in [0, 0.1) is 0 Å². The van der Waals surface area contributed by atoms with E-state index in [-0.39, 0.29) is 0 Å². The second kappa shape index (κ2) is 3.20. The molecule has 0 unspecified atom stereocenters. The van der Waals surface area contributed by atoms with Crippen LogP contribution in [-0.2, 0) is 13.1 Å². The first-order chi connectivity index (χ1) is 6.36. The maximum absolute atomic E-state index is 5.62. The lowest BCUT2D eigenvalue weighted by Crippen LogP contribution is -1.97. The van der Waals surface area contributed by atoms with Crippen LogP contribution in [-0.4, -0.2) is 4.98 Å². The van der Waals surface area contributed by atoms with E-state index in [4.69, 9.17) is 11.5 Å². The zero-order chi connectivity index (χ0) is 9.26. The molecule has 3 heteroatoms. The molecule has 0 radical (unpaired) electrons. The molecule has 1 aromatic carbocycles. The summed E-state index contributed by atoms with van der Waals surface area (Å²) in [5, 5.41) is 1.19. The van der Waals surface area contributed by atoms with Crippen molar-refractivity contribution < 1.29 is 0 Å². The van der Waals surface area contributed by atoms with Gasteiger partial charge in [0, 0.05) is 24.7 Å². The molecule has 0 fully saturated rings. The maximum Gasteiger partial charge on any atom is 0.0502 e. The Hall–Kier alpha value is -1.32. The van der Waals surface area contributed by atoms with E-state index >= 15 is 0 Å². The van der Waals surface area contributed by atoms with Gasteiger partial charge in [-0.3, -0.25) is 0 Å². The number of hydrogen-bond donors (Lipinski definition) is 3. The summed E-state index contributed by atoms with van der Waals surface area (Å²) < 4.78 is 0. The number of benzene rings is 1. The summed E-state index contributed by atoms with van der Waals surface area (Å²) in [6, 6.07) is 6.10. The quantitative estimate of drug-likeness (QED) is 0.639. The van der Waals surface area contributed by atoms with E-state index in [0.717, 1.165) is 16.6 Å². The minimum atomic E-state index is 0.557. The minimum absolute atomic E-state index is 0.557. The maximum atomic E-state index is 5.62. The van der Waals surface area contributed by atoms with Gasteiger partial charge in [-0.15, -0.1) is 0 Å². The third kappa shape index (κ3) is 1.22. The standard InChI is InChI=1S/C10H13N3/c11-4-7-2-1-3-9-8(5-12)6-13-10(7)9/h1-3,6,13H,4-5,11-12H2. The van der Waals surface area contributed by atoms with Gasteiger partial charge in [-0.05, 0) is 11.1 Å². The summed E-state index contributed by atoms with van der Waals surface area (Å²) in [4.78, 5) is 3.20. The number of hydrogen-bond acceptors (Lipinski definition) is 2. The molecule has 13 heavy (non-hydrogen) atoms. The number of aromatic nitrogens is 1. The van der Waals surface area contributed by atoms with Crippen molar-refractivity contribution in [1.29, 1.82) is 0 Å². The molecule has 0 saturated heterocycles. The van der Waals surface area contributed by atoms with Gasteiger partial charge in [0.1, 0.15) is 0 Å². The smallest absolute Gasteiger partial charge is 0.0502 e. The van der Waals surface area contributed by atoms with Crippen molar-refractivity contribution in [2.24, 2.45) is 11.5 Å². The summed E-state index contributed by atoms with van der Waals surface area (Å²) >= 11 is 0. The Morgan fingerprint density at radius 3 is 2.54 bits per heavy atom. The average Bonchev–Trinajstić information content (AvgIpc) is 2.60. The molecular formula is C10H13N3. The van der Waals surface area contributed by atoms with Gasteiger partial charge in [-0.25, -0.2) is 0 Å². The highest BCUT2D eigenvalue weighted by Gasteiger charge is 2.04. The second-order valence-electron chi connectivity index (χ2n) is 3.06. The highest BCUT2D eigenvalue weighted by atomic mass is 14.7. The van der Waals surface area contributed by atoms with Gasteiger partial charge in [0.25, 0.3) is 0 Å². The van der Waals surface area contributed by atoms with Gasteiger partial charge in [0.2, 0.25) is 0 Å². The fourth-order valence-corrected chi connectivity index (χ4v) is 1.61. The highest BCUT2D eigenvalue weighted by molar-refractivity contribution is 5.85. The average molecular weight is 175 g/mol. The zero-order valence-electron chi connectivity index (χ0n) is 7.38. The molecule has 1 aromatic heterocycles. The molecule has 0 aliphatic rings. The molecule has 5 N–H and O–H groups in total. The van der Waals surface area contributed by atoms with Crippen LogP contribution in [0.25, 0.3) is 10.9 Å². The Morgan fingerprint density at radius 2 is 1.85 bits per heavy atom. The van der Waals surface area contributed by atoms with Crippen LogP contribution in [0.1, 0.15) is 11.1 Å². The van der Waals surface area contributed by atoms with Gasteiger partial charge in [-0.2, -0.15) is 0 Å². The predicted octanol–water partition coefficient (Wildman–Crippen LogP) is 1.09. The lowest BCUT2D eigenvalue weighted by atomic mass is 10.1. The number of nitrogens with one attached hydrogen (secondary N) is 1. The van der Waals surface area contributed by atoms with Crippen LogP contribution in [0.5, 0.6) is 0 Å². The first-order valence-corrected chi connectivity index (χ1v) is 4.34. The number of aromatic amines is 1. The van der Waals surface area contributed by atoms with Crippen molar-refractivity contribution >= 4 is 10.9 Å². The van der Waals surface area contributed by atoms with E-state index in [1.807, 2.05) is 18.3 Å². The van der Waals surface area contributed by atoms with Gasteiger partial charge < -0.3 is 16.5 Å². The molecule has 0 atom stereocenters. The van der Waals surface area contributed by atoms with Crippen LogP contribution < -0.4 is 11.5 Å². The third-order valence-corrected chi connectivity index (χ3v) is 2.33. The number of nitrogens with two attached hydrogens (primary N) is 2. The first kappa shape index (κ1) is 8.29. The fourth-order valence-electron chi connectivity index (χ4n) is 1.61. The number of fused-ring (bicyclic) bond motifs is 1. The molecule has 0 bridgehead atoms. The summed E-state index contributed by atoms with van der Waals surface area (Å²) in [7, 11) is 0. The van der Waals surface area contributed by atoms with Crippen molar-refractivity contribution in [2.45, 2.75) is 13.1 Å². The van der Waals surface area contributed by atoms with Crippen LogP contribution in [0.2, 0.25) is 0 Å². The second-order valence-corrected chi connectivity index (χ2v) is 3.06. The van der Waals surface area contributed by atoms with Crippen molar-refractivity contribution in [2.75, 3.05) is 0 Å². The van der Waals surface area contributed by atoms with E-state index in [1.165, 1.54) is 5.39 Å². The van der Waals surface area contributed by atoms with Gasteiger partial charge in [0.15, 0.2) is 0 Å². The molecule has 0 aliphatic heterocycles. The molecule has 0 spiro atoms. The molecule has 68 valence electrons. The summed E-state index contributed by atoms with van der Waals surface area (Å²) in [5.41, 5.74) is 14.6. The third-order valence-electron chi connectivity index (χ3n) is 2.33. The topological polar surface area (TPSA) is 67.8 Å². The Kier molecular flexibility index (Phi) is 2.04. The van der Waals surface area contributed by atoms with Crippen molar-refractivity contribution in [3.05, 3.63) is 35.5 Å². The molecule has 1 heterocycles. The van der Waals surface area contributed by atoms with Gasteiger partial charge >= 0.3 is 0 Å². The van der Waals surface area contributed by atoms with Crippen molar-refractivity contribution in [3.8, 4) is 0 Å². The molecule has 0 amide bonds. The van der Waals surface area contributed by atoms with E-state index in [0.29, 0.717) is 13.1 Å². The molecule has 2 rings (SSSR count). The van der Waals surface area contributed by atoms with E-state index in [9.17, 15) is 0 Å². The monoisotopic (exact) mass is 175 g/mol. The fraction of sp³-hybridized carbons (Fsp3) is 0.200. The lowest BCUT2D eigenvalue weighted by molar-refractivity contribution is 1.08. The van der Waals surface area contributed by atoms with Gasteiger partial charge in [-0.1, -0.05) is 18.2 Å². The van der Waals surface area contributed by atoms with Crippen molar-refractivity contribution in [3.63, 3.8) is 0 Å². The van der Waals surface area contributed by atoms with Crippen molar-refractivity contribution in [1.82, 2.24) is 4.98 Å². The normalized spacial score (nSPS) is 10.9. The largest absolute Gasteiger partial charge is 0.361 e. The number of H-pyrrole nitrogens is 1. The van der Waals surface area contributed by atoms with E-state index in [1.54, 1.807) is 0 Å². The zero-order valence-corrected chi connectivity index (χ0v) is 7.38. The number of rotatable bonds is 2. The van der Waals surface area contributed by atoms with Crippen LogP contribution >= 0.6 is 0 Å². The first-order valence-electron chi connectivity index (χ1n) is 4.34. The lowest BCUT2D eigenvalue weighted by Gasteiger charge is -1.99. The molecular weight excluding hydrogens is 162 g/mol. The predicted molar refractivity (Wildman–Crippen MR) is 54.1 cm³/mol. The van der Waals surface area contributed by atoms with Crippen LogP contribution in [0.15, 0.2) is 24.4 Å². The summed E-state index contributed by atoms with van der Waals surface area (Å²) in [5.74, 6) is 0. The van der Waals surface area contributed by atoms with Crippen LogP contribution in [0.3, 0.4) is 0 Å². The minimum Gasteiger partial charge on any atom is -0.361 e.